The summed E-state index contributed by atoms with van der Waals surface area (Å²) in [6.45, 7) is 4.83. The van der Waals surface area contributed by atoms with Crippen LogP contribution in [0.15, 0.2) is 29.2 Å². The summed E-state index contributed by atoms with van der Waals surface area (Å²) < 4.78 is 37.7. The smallest absolute Gasteiger partial charge is 0.258 e. The molecular weight excluding hydrogens is 344 g/mol. The highest BCUT2D eigenvalue weighted by Gasteiger charge is 2.17. The molecule has 2 rings (SSSR count). The SMILES string of the molecule is CC[C@@H](C)NS(=O)(=O)c1ccc(OCC(=O)NC[C@H]2CCCO2)cc1. The first-order valence-electron chi connectivity index (χ1n) is 8.54. The van der Waals surface area contributed by atoms with Crippen molar-refractivity contribution in [2.45, 2.75) is 50.2 Å². The lowest BCUT2D eigenvalue weighted by atomic mass is 10.2. The van der Waals surface area contributed by atoms with E-state index in [9.17, 15) is 13.2 Å². The van der Waals surface area contributed by atoms with Crippen LogP contribution in [0.5, 0.6) is 5.75 Å². The molecule has 0 aromatic heterocycles. The van der Waals surface area contributed by atoms with Crippen LogP contribution in [0, 0.1) is 0 Å². The Labute approximate surface area is 149 Å². The quantitative estimate of drug-likeness (QED) is 0.686. The second-order valence-corrected chi connectivity index (χ2v) is 7.84. The van der Waals surface area contributed by atoms with E-state index in [2.05, 4.69) is 10.0 Å². The van der Waals surface area contributed by atoms with Gasteiger partial charge in [0.2, 0.25) is 10.0 Å². The molecule has 2 atom stereocenters. The molecule has 1 amide bonds. The Bertz CT molecular complexity index is 654. The molecule has 0 spiro atoms. The number of amides is 1. The largest absolute Gasteiger partial charge is 0.484 e. The van der Waals surface area contributed by atoms with Crippen LogP contribution < -0.4 is 14.8 Å². The molecular formula is C17H26N2O5S. The summed E-state index contributed by atoms with van der Waals surface area (Å²) >= 11 is 0. The number of nitrogens with one attached hydrogen (secondary N) is 2. The molecule has 25 heavy (non-hydrogen) atoms. The summed E-state index contributed by atoms with van der Waals surface area (Å²) in [6, 6.07) is 5.87. The van der Waals surface area contributed by atoms with Crippen molar-refractivity contribution >= 4 is 15.9 Å². The van der Waals surface area contributed by atoms with Gasteiger partial charge in [-0.15, -0.1) is 0 Å². The second kappa shape index (κ2) is 9.17. The van der Waals surface area contributed by atoms with Gasteiger partial charge in [-0.1, -0.05) is 6.92 Å². The number of carbonyl (C=O) groups is 1. The van der Waals surface area contributed by atoms with Gasteiger partial charge in [0, 0.05) is 19.2 Å². The number of benzene rings is 1. The molecule has 0 bridgehead atoms. The van der Waals surface area contributed by atoms with E-state index < -0.39 is 10.0 Å². The standard InChI is InChI=1S/C17H26N2O5S/c1-3-13(2)19-25(21,22)16-8-6-14(7-9-16)24-12-17(20)18-11-15-5-4-10-23-15/h6-9,13,15,19H,3-5,10-12H2,1-2H3,(H,18,20)/t13-,15-/m1/s1. The molecule has 0 unspecified atom stereocenters. The fourth-order valence-corrected chi connectivity index (χ4v) is 3.69. The van der Waals surface area contributed by atoms with Crippen LogP contribution in [0.2, 0.25) is 0 Å². The van der Waals surface area contributed by atoms with Gasteiger partial charge in [-0.3, -0.25) is 4.79 Å². The van der Waals surface area contributed by atoms with Crippen molar-refractivity contribution in [3.8, 4) is 5.75 Å². The average molecular weight is 370 g/mol. The number of carbonyl (C=O) groups excluding carboxylic acids is 1. The Balaban J connectivity index is 1.80. The summed E-state index contributed by atoms with van der Waals surface area (Å²) in [4.78, 5) is 11.9. The zero-order valence-corrected chi connectivity index (χ0v) is 15.5. The fourth-order valence-electron chi connectivity index (χ4n) is 2.36. The third kappa shape index (κ3) is 6.30. The molecule has 1 heterocycles. The lowest BCUT2D eigenvalue weighted by molar-refractivity contribution is -0.123. The zero-order chi connectivity index (χ0) is 18.3. The third-order valence-corrected chi connectivity index (χ3v) is 5.63. The Kier molecular flexibility index (Phi) is 7.22. The van der Waals surface area contributed by atoms with Crippen molar-refractivity contribution in [3.05, 3.63) is 24.3 Å². The minimum Gasteiger partial charge on any atom is -0.484 e. The van der Waals surface area contributed by atoms with Crippen LogP contribution >= 0.6 is 0 Å². The maximum atomic E-state index is 12.2. The maximum absolute atomic E-state index is 12.2. The normalized spacial score (nSPS) is 18.7. The molecule has 1 aliphatic heterocycles. The summed E-state index contributed by atoms with van der Waals surface area (Å²) in [5, 5.41) is 2.76. The van der Waals surface area contributed by atoms with Crippen LogP contribution in [0.25, 0.3) is 0 Å². The topological polar surface area (TPSA) is 93.7 Å². The monoisotopic (exact) mass is 370 g/mol. The average Bonchev–Trinajstić information content (AvgIpc) is 3.11. The van der Waals surface area contributed by atoms with Crippen molar-refractivity contribution in [3.63, 3.8) is 0 Å². The molecule has 7 nitrogen and oxygen atoms in total. The zero-order valence-electron chi connectivity index (χ0n) is 14.7. The van der Waals surface area contributed by atoms with Crippen LogP contribution in [0.1, 0.15) is 33.1 Å². The van der Waals surface area contributed by atoms with E-state index in [1.807, 2.05) is 13.8 Å². The van der Waals surface area contributed by atoms with Gasteiger partial charge in [-0.2, -0.15) is 0 Å². The molecule has 0 radical (unpaired) electrons. The first-order valence-corrected chi connectivity index (χ1v) is 10.0. The minimum absolute atomic E-state index is 0.0893. The first-order chi connectivity index (χ1) is 11.9. The highest BCUT2D eigenvalue weighted by molar-refractivity contribution is 7.89. The highest BCUT2D eigenvalue weighted by Crippen LogP contribution is 2.16. The lowest BCUT2D eigenvalue weighted by Gasteiger charge is -2.13. The number of ether oxygens (including phenoxy) is 2. The van der Waals surface area contributed by atoms with Crippen molar-refractivity contribution in [2.75, 3.05) is 19.8 Å². The molecule has 0 saturated carbocycles. The van der Waals surface area contributed by atoms with E-state index in [0.29, 0.717) is 18.7 Å². The van der Waals surface area contributed by atoms with Crippen LogP contribution in [-0.2, 0) is 19.6 Å². The molecule has 140 valence electrons. The molecule has 0 aliphatic carbocycles. The van der Waals surface area contributed by atoms with Gasteiger partial charge in [-0.05, 0) is 50.5 Å². The van der Waals surface area contributed by atoms with Crippen molar-refractivity contribution < 1.29 is 22.7 Å². The number of rotatable bonds is 9. The van der Waals surface area contributed by atoms with E-state index in [0.717, 1.165) is 19.4 Å². The van der Waals surface area contributed by atoms with Gasteiger partial charge in [-0.25, -0.2) is 13.1 Å². The lowest BCUT2D eigenvalue weighted by Crippen LogP contribution is -2.35. The fraction of sp³-hybridized carbons (Fsp3) is 0.588. The van der Waals surface area contributed by atoms with Crippen molar-refractivity contribution in [2.24, 2.45) is 0 Å². The summed E-state index contributed by atoms with van der Waals surface area (Å²) in [5.41, 5.74) is 0. The third-order valence-electron chi connectivity index (χ3n) is 4.02. The molecule has 1 aromatic rings. The Morgan fingerprint density at radius 1 is 1.36 bits per heavy atom. The van der Waals surface area contributed by atoms with E-state index >= 15 is 0 Å². The number of hydrogen-bond donors (Lipinski definition) is 2. The van der Waals surface area contributed by atoms with E-state index in [4.69, 9.17) is 9.47 Å². The molecule has 1 aliphatic rings. The second-order valence-electron chi connectivity index (χ2n) is 6.13. The van der Waals surface area contributed by atoms with Crippen LogP contribution in [0.4, 0.5) is 0 Å². The van der Waals surface area contributed by atoms with Gasteiger partial charge in [0.1, 0.15) is 5.75 Å². The Hall–Kier alpha value is -1.64. The predicted molar refractivity (Wildman–Crippen MR) is 94.0 cm³/mol. The molecule has 8 heteroatoms. The molecule has 1 saturated heterocycles. The molecule has 1 fully saturated rings. The van der Waals surface area contributed by atoms with Crippen molar-refractivity contribution in [1.29, 1.82) is 0 Å². The highest BCUT2D eigenvalue weighted by atomic mass is 32.2. The van der Waals surface area contributed by atoms with E-state index in [1.165, 1.54) is 12.1 Å². The van der Waals surface area contributed by atoms with E-state index in [-0.39, 0.29) is 29.6 Å². The Morgan fingerprint density at radius 3 is 2.68 bits per heavy atom. The minimum atomic E-state index is -3.54. The van der Waals surface area contributed by atoms with Gasteiger partial charge < -0.3 is 14.8 Å². The van der Waals surface area contributed by atoms with Gasteiger partial charge in [0.25, 0.3) is 5.91 Å². The molecule has 2 N–H and O–H groups in total. The maximum Gasteiger partial charge on any atom is 0.258 e. The number of hydrogen-bond acceptors (Lipinski definition) is 5. The predicted octanol–water partition coefficient (Wildman–Crippen LogP) is 1.44. The van der Waals surface area contributed by atoms with Crippen LogP contribution in [0.3, 0.4) is 0 Å². The first kappa shape index (κ1) is 19.7. The summed E-state index contributed by atoms with van der Waals surface area (Å²) in [6.07, 6.45) is 2.79. The van der Waals surface area contributed by atoms with Gasteiger partial charge in [0.15, 0.2) is 6.61 Å². The Morgan fingerprint density at radius 2 is 2.08 bits per heavy atom. The van der Waals surface area contributed by atoms with Gasteiger partial charge in [0.05, 0.1) is 11.0 Å². The molecule has 1 aromatic carbocycles. The van der Waals surface area contributed by atoms with Crippen LogP contribution in [-0.4, -0.2) is 46.2 Å². The summed E-state index contributed by atoms with van der Waals surface area (Å²) in [5.74, 6) is 0.209. The summed E-state index contributed by atoms with van der Waals surface area (Å²) in [7, 11) is -3.54. The van der Waals surface area contributed by atoms with E-state index in [1.54, 1.807) is 12.1 Å². The number of sulfonamides is 1. The van der Waals surface area contributed by atoms with Gasteiger partial charge >= 0.3 is 0 Å². The van der Waals surface area contributed by atoms with Crippen molar-refractivity contribution in [1.82, 2.24) is 10.0 Å².